The number of nitrogens with zero attached hydrogens (tertiary/aromatic N) is 2. The van der Waals surface area contributed by atoms with Gasteiger partial charge in [-0.15, -0.1) is 0 Å². The van der Waals surface area contributed by atoms with Gasteiger partial charge in [-0.3, -0.25) is 0 Å². The maximum Gasteiger partial charge on any atom is 0.109 e. The van der Waals surface area contributed by atoms with Crippen molar-refractivity contribution in [2.75, 3.05) is 0 Å². The van der Waals surface area contributed by atoms with Crippen LogP contribution in [0.4, 0.5) is 0 Å². The van der Waals surface area contributed by atoms with Crippen molar-refractivity contribution in [2.24, 2.45) is 0 Å². The molecule has 0 saturated carbocycles. The lowest BCUT2D eigenvalue weighted by molar-refractivity contribution is 1.39. The minimum atomic E-state index is 0.692. The third-order valence-electron chi connectivity index (χ3n) is 3.69. The van der Waals surface area contributed by atoms with Gasteiger partial charge in [-0.1, -0.05) is 48.0 Å². The fraction of sp³-hybridized carbons (Fsp3) is 0.0588. The van der Waals surface area contributed by atoms with Gasteiger partial charge in [-0.05, 0) is 30.0 Å². The molecule has 0 unspecified atom stereocenters. The zero-order valence-corrected chi connectivity index (χ0v) is 11.6. The summed E-state index contributed by atoms with van der Waals surface area (Å²) in [6, 6.07) is 16.1. The zero-order chi connectivity index (χ0) is 13.7. The Morgan fingerprint density at radius 3 is 2.00 bits per heavy atom. The molecule has 96 valence electrons. The van der Waals surface area contributed by atoms with Gasteiger partial charge < -0.3 is 0 Å². The largest absolute Gasteiger partial charge is 0.244 e. The first-order valence-electron chi connectivity index (χ1n) is 6.49. The Bertz CT molecular complexity index is 977. The van der Waals surface area contributed by atoms with E-state index in [-0.39, 0.29) is 0 Å². The van der Waals surface area contributed by atoms with E-state index in [1.54, 1.807) is 0 Å². The highest BCUT2D eigenvalue weighted by molar-refractivity contribution is 6.38. The van der Waals surface area contributed by atoms with E-state index < -0.39 is 0 Å². The third-order valence-corrected chi connectivity index (χ3v) is 4.16. The summed E-state index contributed by atoms with van der Waals surface area (Å²) in [6.07, 6.45) is 0. The lowest BCUT2D eigenvalue weighted by Crippen LogP contribution is -1.92. The highest BCUT2D eigenvalue weighted by Crippen LogP contribution is 2.34. The smallest absolute Gasteiger partial charge is 0.109 e. The molecule has 0 aliphatic heterocycles. The maximum absolute atomic E-state index is 6.50. The number of benzene rings is 3. The topological polar surface area (TPSA) is 25.8 Å². The lowest BCUT2D eigenvalue weighted by atomic mass is 10.0. The van der Waals surface area contributed by atoms with Crippen LogP contribution in [-0.4, -0.2) is 9.97 Å². The molecule has 2 nitrogen and oxygen atoms in total. The van der Waals surface area contributed by atoms with Crippen LogP contribution >= 0.6 is 11.6 Å². The summed E-state index contributed by atoms with van der Waals surface area (Å²) in [5, 5.41) is 2.93. The van der Waals surface area contributed by atoms with E-state index in [1.165, 1.54) is 0 Å². The Kier molecular flexibility index (Phi) is 2.41. The molecule has 20 heavy (non-hydrogen) atoms. The van der Waals surface area contributed by atoms with E-state index in [0.717, 1.165) is 38.4 Å². The highest BCUT2D eigenvalue weighted by Gasteiger charge is 2.12. The summed E-state index contributed by atoms with van der Waals surface area (Å²) in [4.78, 5) is 9.45. The molecule has 3 heteroatoms. The van der Waals surface area contributed by atoms with E-state index in [4.69, 9.17) is 21.6 Å². The molecule has 0 aliphatic carbocycles. The van der Waals surface area contributed by atoms with Gasteiger partial charge in [0.15, 0.2) is 0 Å². The van der Waals surface area contributed by atoms with E-state index in [9.17, 15) is 0 Å². The van der Waals surface area contributed by atoms with E-state index in [1.807, 2.05) is 43.3 Å². The van der Waals surface area contributed by atoms with Crippen LogP contribution in [0.1, 0.15) is 5.56 Å². The molecule has 0 spiro atoms. The molecule has 1 aromatic heterocycles. The molecule has 4 aromatic rings. The van der Waals surface area contributed by atoms with Gasteiger partial charge in [0, 0.05) is 5.39 Å². The molecule has 0 atom stereocenters. The first-order chi connectivity index (χ1) is 9.75. The van der Waals surface area contributed by atoms with E-state index in [0.29, 0.717) is 5.02 Å². The summed E-state index contributed by atoms with van der Waals surface area (Å²) in [6.45, 7) is 2.03. The SMILES string of the molecule is Cc1c(Cl)c2nc3ccccc3nc2c2ccccc12. The number of rotatable bonds is 0. The molecule has 0 aliphatic rings. The van der Waals surface area contributed by atoms with Gasteiger partial charge in [0.1, 0.15) is 5.52 Å². The quantitative estimate of drug-likeness (QED) is 0.338. The third kappa shape index (κ3) is 1.52. The van der Waals surface area contributed by atoms with Crippen LogP contribution in [0.15, 0.2) is 48.5 Å². The predicted molar refractivity (Wildman–Crippen MR) is 84.3 cm³/mol. The van der Waals surface area contributed by atoms with Crippen molar-refractivity contribution >= 4 is 44.4 Å². The van der Waals surface area contributed by atoms with Crippen LogP contribution in [0.5, 0.6) is 0 Å². The van der Waals surface area contributed by atoms with Crippen LogP contribution in [0.2, 0.25) is 5.02 Å². The first kappa shape index (κ1) is 11.6. The number of fused-ring (bicyclic) bond motifs is 4. The van der Waals surface area contributed by atoms with Crippen LogP contribution < -0.4 is 0 Å². The minimum absolute atomic E-state index is 0.692. The Balaban J connectivity index is 2.33. The fourth-order valence-electron chi connectivity index (χ4n) is 2.65. The van der Waals surface area contributed by atoms with Crippen molar-refractivity contribution in [1.29, 1.82) is 0 Å². The van der Waals surface area contributed by atoms with Crippen LogP contribution in [-0.2, 0) is 0 Å². The van der Waals surface area contributed by atoms with Crippen molar-refractivity contribution in [2.45, 2.75) is 6.92 Å². The van der Waals surface area contributed by atoms with Crippen LogP contribution in [0.3, 0.4) is 0 Å². The monoisotopic (exact) mass is 278 g/mol. The molecule has 1 heterocycles. The van der Waals surface area contributed by atoms with Gasteiger partial charge in [-0.2, -0.15) is 0 Å². The average molecular weight is 279 g/mol. The minimum Gasteiger partial charge on any atom is -0.244 e. The number of aromatic nitrogens is 2. The Morgan fingerprint density at radius 2 is 1.30 bits per heavy atom. The standard InChI is InChI=1S/C17H11ClN2/c1-10-11-6-2-3-7-12(11)16-17(15(10)18)20-14-9-5-4-8-13(14)19-16/h2-9H,1H3. The van der Waals surface area contributed by atoms with Crippen molar-refractivity contribution in [3.63, 3.8) is 0 Å². The fourth-order valence-corrected chi connectivity index (χ4v) is 2.89. The van der Waals surface area contributed by atoms with Crippen LogP contribution in [0.25, 0.3) is 32.8 Å². The number of halogens is 1. The number of para-hydroxylation sites is 2. The Morgan fingerprint density at radius 1 is 0.750 bits per heavy atom. The average Bonchev–Trinajstić information content (AvgIpc) is 2.51. The predicted octanol–water partition coefficient (Wildman–Crippen LogP) is 4.90. The second-order valence-electron chi connectivity index (χ2n) is 4.89. The molecule has 0 N–H and O–H groups in total. The second kappa shape index (κ2) is 4.15. The Hall–Kier alpha value is -2.19. The summed E-state index contributed by atoms with van der Waals surface area (Å²) in [5.41, 5.74) is 4.47. The summed E-state index contributed by atoms with van der Waals surface area (Å²) in [7, 11) is 0. The van der Waals surface area contributed by atoms with Crippen LogP contribution in [0, 0.1) is 6.92 Å². The zero-order valence-electron chi connectivity index (χ0n) is 10.9. The molecule has 4 rings (SSSR count). The molecule has 0 bridgehead atoms. The molecule has 0 amide bonds. The number of hydrogen-bond donors (Lipinski definition) is 0. The maximum atomic E-state index is 6.50. The van der Waals surface area contributed by atoms with Crippen molar-refractivity contribution < 1.29 is 0 Å². The summed E-state index contributed by atoms with van der Waals surface area (Å²) in [5.74, 6) is 0. The van der Waals surface area contributed by atoms with Crippen molar-refractivity contribution in [3.05, 3.63) is 59.1 Å². The van der Waals surface area contributed by atoms with Gasteiger partial charge in [0.2, 0.25) is 0 Å². The summed E-state index contributed by atoms with van der Waals surface area (Å²) >= 11 is 6.50. The molecule has 3 aromatic carbocycles. The molecular formula is C17H11ClN2. The van der Waals surface area contributed by atoms with E-state index in [2.05, 4.69) is 12.1 Å². The van der Waals surface area contributed by atoms with Gasteiger partial charge in [0.25, 0.3) is 0 Å². The first-order valence-corrected chi connectivity index (χ1v) is 6.87. The van der Waals surface area contributed by atoms with Crippen molar-refractivity contribution in [3.8, 4) is 0 Å². The summed E-state index contributed by atoms with van der Waals surface area (Å²) < 4.78 is 0. The highest BCUT2D eigenvalue weighted by atomic mass is 35.5. The van der Waals surface area contributed by atoms with Crippen molar-refractivity contribution in [1.82, 2.24) is 9.97 Å². The molecule has 0 saturated heterocycles. The number of hydrogen-bond acceptors (Lipinski definition) is 2. The molecular weight excluding hydrogens is 268 g/mol. The lowest BCUT2D eigenvalue weighted by Gasteiger charge is -2.10. The van der Waals surface area contributed by atoms with Gasteiger partial charge in [0.05, 0.1) is 21.6 Å². The molecule has 0 radical (unpaired) electrons. The van der Waals surface area contributed by atoms with Gasteiger partial charge in [-0.25, -0.2) is 9.97 Å². The normalized spacial score (nSPS) is 11.5. The molecule has 0 fully saturated rings. The van der Waals surface area contributed by atoms with E-state index >= 15 is 0 Å². The van der Waals surface area contributed by atoms with Gasteiger partial charge >= 0.3 is 0 Å². The Labute approximate surface area is 121 Å². The number of aryl methyl sites for hydroxylation is 1. The second-order valence-corrected chi connectivity index (χ2v) is 5.27.